The van der Waals surface area contributed by atoms with E-state index in [9.17, 15) is 0 Å². The van der Waals surface area contributed by atoms with Gasteiger partial charge in [0.2, 0.25) is 0 Å². The fourth-order valence-electron chi connectivity index (χ4n) is 19.2. The van der Waals surface area contributed by atoms with Gasteiger partial charge in [0.25, 0.3) is 0 Å². The van der Waals surface area contributed by atoms with Crippen molar-refractivity contribution in [1.29, 1.82) is 0 Å². The maximum atomic E-state index is 6.34. The van der Waals surface area contributed by atoms with Crippen LogP contribution >= 0.6 is 0 Å². The summed E-state index contributed by atoms with van der Waals surface area (Å²) in [6, 6.07) is 155. The van der Waals surface area contributed by atoms with E-state index in [4.69, 9.17) is 7.85 Å². The Balaban J connectivity index is 0.756. The molecule has 0 spiro atoms. The van der Waals surface area contributed by atoms with E-state index < -0.39 is 0 Å². The zero-order chi connectivity index (χ0) is 97.2. The van der Waals surface area contributed by atoms with Crippen molar-refractivity contribution in [1.82, 2.24) is 0 Å². The molecule has 141 heavy (non-hydrogen) atoms. The second-order valence-corrected chi connectivity index (χ2v) is 38.0. The van der Waals surface area contributed by atoms with Crippen molar-refractivity contribution >= 4 is 150 Å². The molecule has 0 saturated heterocycles. The molecule has 0 atom stereocenters. The molecular formula is C132H137BN8. The Bertz CT molecular complexity index is 6380. The predicted molar refractivity (Wildman–Crippen MR) is 609 cm³/mol. The van der Waals surface area contributed by atoms with Crippen LogP contribution in [0.3, 0.4) is 0 Å². The van der Waals surface area contributed by atoms with Gasteiger partial charge >= 0.3 is 0 Å². The zero-order valence-electron chi connectivity index (χ0n) is 84.3. The Kier molecular flexibility index (Phi) is 33.4. The van der Waals surface area contributed by atoms with Gasteiger partial charge in [-0.3, -0.25) is 0 Å². The van der Waals surface area contributed by atoms with Crippen LogP contribution in [-0.2, 0) is 44.9 Å². The topological polar surface area (TPSA) is 25.9 Å². The van der Waals surface area contributed by atoms with Gasteiger partial charge in [-0.2, -0.15) is 0 Å². The fourth-order valence-corrected chi connectivity index (χ4v) is 19.2. The van der Waals surface area contributed by atoms with Crippen molar-refractivity contribution in [2.75, 3.05) is 39.2 Å². The Morgan fingerprint density at radius 3 is 0.312 bits per heavy atom. The molecule has 8 nitrogen and oxygen atoms in total. The number of nitrogens with zero attached hydrogens (tertiary/aromatic N) is 8. The van der Waals surface area contributed by atoms with Crippen LogP contribution in [0, 0.1) is 13.8 Å². The Morgan fingerprint density at radius 2 is 0.213 bits per heavy atom. The third-order valence-corrected chi connectivity index (χ3v) is 27.4. The van der Waals surface area contributed by atoms with Crippen molar-refractivity contribution in [3.63, 3.8) is 0 Å². The van der Waals surface area contributed by atoms with E-state index in [-0.39, 0.29) is 0 Å². The molecule has 2 radical (unpaired) electrons. The molecule has 0 unspecified atom stereocenters. The van der Waals surface area contributed by atoms with Crippen LogP contribution in [0.1, 0.15) is 188 Å². The summed E-state index contributed by atoms with van der Waals surface area (Å²) in [5.41, 5.74) is 38.1. The molecule has 0 aliphatic rings. The SMILES string of the molecule is [B]c1ccc(N(c2ccc(CCCC)cc2)c2ccc(N(c3ccc(C)cc3)c3ccc(N(c4ccc(N(c5ccc(CCCC)cc5)c5ccc(CCCC)cc5)cc4)c4ccc(N(c5ccc(C)cc5)c5ccc(N(c6ccc(N(c7ccc(CCCC)cc7)c7ccc(CCCC)cc7)cc6)c6ccc(N(c7ccc(CCCC)cc7)c7ccc(CCCC)cc7)cc6)cc5)cc4)cc3)cc2)cc1. The van der Waals surface area contributed by atoms with Gasteiger partial charge in [0.05, 0.1) is 0 Å². The van der Waals surface area contributed by atoms with Crippen molar-refractivity contribution in [3.8, 4) is 0 Å². The van der Waals surface area contributed by atoms with Crippen LogP contribution in [0.2, 0.25) is 0 Å². The lowest BCUT2D eigenvalue weighted by Crippen LogP contribution is -2.14. The minimum Gasteiger partial charge on any atom is -0.311 e. The molecular weight excluding hydrogens is 1710 g/mol. The molecule has 0 N–H and O–H groups in total. The highest BCUT2D eigenvalue weighted by atomic mass is 15.2. The summed E-state index contributed by atoms with van der Waals surface area (Å²) < 4.78 is 0. The lowest BCUT2D eigenvalue weighted by molar-refractivity contribution is 0.795. The second kappa shape index (κ2) is 48.2. The van der Waals surface area contributed by atoms with E-state index in [1.54, 1.807) is 0 Å². The third kappa shape index (κ3) is 24.4. The monoisotopic (exact) mass is 1850 g/mol. The minimum absolute atomic E-state index is 0.730. The van der Waals surface area contributed by atoms with Gasteiger partial charge in [-0.15, -0.1) is 0 Å². The van der Waals surface area contributed by atoms with Gasteiger partial charge in [-0.25, -0.2) is 0 Å². The maximum Gasteiger partial charge on any atom is 0.113 e. The van der Waals surface area contributed by atoms with Crippen molar-refractivity contribution < 1.29 is 0 Å². The molecule has 0 amide bonds. The summed E-state index contributed by atoms with van der Waals surface area (Å²) in [6.07, 6.45) is 23.7. The van der Waals surface area contributed by atoms with Crippen molar-refractivity contribution in [2.45, 2.75) is 197 Å². The van der Waals surface area contributed by atoms with Crippen LogP contribution < -0.4 is 44.7 Å². The maximum absolute atomic E-state index is 6.34. The quantitative estimate of drug-likeness (QED) is 0.0349. The highest BCUT2D eigenvalue weighted by Gasteiger charge is 2.26. The normalized spacial score (nSPS) is 11.2. The van der Waals surface area contributed by atoms with Crippen LogP contribution in [0.5, 0.6) is 0 Å². The number of anilines is 24. The average Bonchev–Trinajstić information content (AvgIpc) is 0.777. The highest BCUT2D eigenvalue weighted by Crippen LogP contribution is 2.49. The first-order valence-corrected chi connectivity index (χ1v) is 52.0. The molecule has 9 heteroatoms. The first-order valence-electron chi connectivity index (χ1n) is 52.0. The summed E-state index contributed by atoms with van der Waals surface area (Å²) in [5, 5.41) is 0. The van der Waals surface area contributed by atoms with Gasteiger partial charge in [0, 0.05) is 136 Å². The van der Waals surface area contributed by atoms with E-state index in [0.29, 0.717) is 0 Å². The largest absolute Gasteiger partial charge is 0.311 e. The highest BCUT2D eigenvalue weighted by molar-refractivity contribution is 6.32. The summed E-state index contributed by atoms with van der Waals surface area (Å²) in [5.74, 6) is 0. The molecule has 0 aliphatic heterocycles. The molecule has 17 aromatic carbocycles. The Labute approximate surface area is 843 Å². The summed E-state index contributed by atoms with van der Waals surface area (Å²) >= 11 is 0. The van der Waals surface area contributed by atoms with Gasteiger partial charge in [-0.1, -0.05) is 231 Å². The van der Waals surface area contributed by atoms with E-state index in [0.717, 1.165) is 251 Å². The molecule has 0 bridgehead atoms. The molecule has 708 valence electrons. The third-order valence-electron chi connectivity index (χ3n) is 27.4. The second-order valence-electron chi connectivity index (χ2n) is 38.0. The van der Waals surface area contributed by atoms with Crippen molar-refractivity contribution in [3.05, 3.63) is 463 Å². The average molecular weight is 1850 g/mol. The number of rotatable bonds is 45. The summed E-state index contributed by atoms with van der Waals surface area (Å²) in [6.45, 7) is 20.2. The molecule has 17 aromatic rings. The first kappa shape index (κ1) is 97.8. The summed E-state index contributed by atoms with van der Waals surface area (Å²) in [7, 11) is 6.34. The molecule has 0 saturated carbocycles. The smallest absolute Gasteiger partial charge is 0.113 e. The van der Waals surface area contributed by atoms with E-state index in [1.165, 1.54) is 75.8 Å². The van der Waals surface area contributed by atoms with Crippen LogP contribution in [0.25, 0.3) is 0 Å². The number of aryl methyl sites for hydroxylation is 9. The number of hydrogen-bond donors (Lipinski definition) is 0. The molecule has 0 fully saturated rings. The van der Waals surface area contributed by atoms with Crippen LogP contribution in [0.15, 0.2) is 413 Å². The molecule has 0 heterocycles. The first-order chi connectivity index (χ1) is 69.3. The van der Waals surface area contributed by atoms with Gasteiger partial charge in [-0.05, 0) is 434 Å². The van der Waals surface area contributed by atoms with E-state index in [1.807, 2.05) is 12.1 Å². The number of unbranched alkanes of at least 4 members (excludes halogenated alkanes) is 7. The lowest BCUT2D eigenvalue weighted by atomic mass is 9.96. The predicted octanol–water partition coefficient (Wildman–Crippen LogP) is 38.3. The lowest BCUT2D eigenvalue weighted by Gasteiger charge is -2.31. The van der Waals surface area contributed by atoms with Crippen molar-refractivity contribution in [2.24, 2.45) is 0 Å². The standard InChI is InChI=1S/C132H137BN8/c1-10-17-24-101-35-55-111(56-36-101)136(112-57-37-102(38-58-112)25-18-11-2)123-79-93-130(94-80-123)140(127-87-73-120(74-88-127)134(109-51-31-99(8)32-52-109)119-71-85-126(86-72-119)139(118-69-49-108(133)50-70-118)117-67-47-107(48-68-117)30-23-16-7)128-89-75-121(76-90-128)135(110-53-33-100(9)34-54-110)122-77-91-129(92-78-122)141(131-95-81-124(82-96-131)137(113-59-39-103(40-60-113)26-19-12-3)114-61-41-104(42-62-114)27-20-13-4)132-97-83-125(84-98-132)138(115-63-43-105(44-64-115)28-21-14-5)116-65-45-106(46-66-116)29-22-15-6/h31-98H,10-30H2,1-9H3. The molecule has 0 aliphatic carbocycles. The van der Waals surface area contributed by atoms with Gasteiger partial charge in [0.1, 0.15) is 7.85 Å². The van der Waals surface area contributed by atoms with Gasteiger partial charge in [0.15, 0.2) is 0 Å². The van der Waals surface area contributed by atoms with E-state index in [2.05, 4.69) is 502 Å². The van der Waals surface area contributed by atoms with E-state index >= 15 is 0 Å². The van der Waals surface area contributed by atoms with Gasteiger partial charge < -0.3 is 39.2 Å². The van der Waals surface area contributed by atoms with Crippen LogP contribution in [0.4, 0.5) is 136 Å². The Hall–Kier alpha value is -14.8. The molecule has 17 rings (SSSR count). The summed E-state index contributed by atoms with van der Waals surface area (Å²) in [4.78, 5) is 19.1. The molecule has 0 aromatic heterocycles. The number of benzene rings is 17. The fraction of sp³-hybridized carbons (Fsp3) is 0.227. The minimum atomic E-state index is 0.730. The number of hydrogen-bond acceptors (Lipinski definition) is 8. The zero-order valence-corrected chi connectivity index (χ0v) is 84.3. The van der Waals surface area contributed by atoms with Crippen LogP contribution in [-0.4, -0.2) is 7.85 Å². The Morgan fingerprint density at radius 1 is 0.128 bits per heavy atom.